The Hall–Kier alpha value is -4.53. The molecule has 0 atom stereocenters. The van der Waals surface area contributed by atoms with Crippen LogP contribution in [0.4, 0.5) is 11.4 Å². The second kappa shape index (κ2) is 12.8. The highest BCUT2D eigenvalue weighted by Crippen LogP contribution is 2.41. The molecule has 0 radical (unpaired) electrons. The molecule has 4 aromatic rings. The van der Waals surface area contributed by atoms with Crippen molar-refractivity contribution in [1.82, 2.24) is 0 Å². The summed E-state index contributed by atoms with van der Waals surface area (Å²) in [7, 11) is 0. The summed E-state index contributed by atoms with van der Waals surface area (Å²) in [6.45, 7) is 2.40. The van der Waals surface area contributed by atoms with Crippen LogP contribution in [-0.2, 0) is 11.4 Å². The number of carbonyl (C=O) groups excluding carboxylic acids is 1. The molecule has 5 rings (SSSR count). The molecule has 0 spiro atoms. The number of carboxylic acids is 1. The van der Waals surface area contributed by atoms with Crippen LogP contribution >= 0.6 is 23.4 Å². The summed E-state index contributed by atoms with van der Waals surface area (Å²) < 4.78 is 11.8. The molecule has 1 amide bonds. The minimum atomic E-state index is -0.992. The Morgan fingerprint density at radius 2 is 1.66 bits per heavy atom. The normalized spacial score (nSPS) is 15.0. The van der Waals surface area contributed by atoms with Crippen LogP contribution in [0, 0.1) is 0 Å². The van der Waals surface area contributed by atoms with Gasteiger partial charge in [-0.1, -0.05) is 60.1 Å². The average Bonchev–Trinajstić information content (AvgIpc) is 3.27. The molecule has 1 aliphatic rings. The molecule has 1 N–H and O–H groups in total. The number of anilines is 1. The van der Waals surface area contributed by atoms with Crippen molar-refractivity contribution in [1.29, 1.82) is 0 Å². The van der Waals surface area contributed by atoms with Crippen LogP contribution in [0.25, 0.3) is 6.08 Å². The Labute approximate surface area is 246 Å². The van der Waals surface area contributed by atoms with Gasteiger partial charge >= 0.3 is 5.97 Å². The zero-order chi connectivity index (χ0) is 28.8. The third-order valence-corrected chi connectivity index (χ3v) is 7.26. The summed E-state index contributed by atoms with van der Waals surface area (Å²) >= 11 is 7.93. The maximum absolute atomic E-state index is 13.6. The van der Waals surface area contributed by atoms with Gasteiger partial charge in [0.1, 0.15) is 6.61 Å². The number of rotatable bonds is 9. The minimum absolute atomic E-state index is 0.166. The number of halogens is 1. The van der Waals surface area contributed by atoms with Crippen molar-refractivity contribution in [3.05, 3.63) is 124 Å². The highest BCUT2D eigenvalue weighted by Gasteiger charge is 2.34. The Balaban J connectivity index is 1.44. The molecule has 1 fully saturated rings. The van der Waals surface area contributed by atoms with Crippen molar-refractivity contribution >= 4 is 57.9 Å². The Bertz CT molecular complexity index is 1620. The van der Waals surface area contributed by atoms with Crippen LogP contribution in [-0.4, -0.2) is 28.8 Å². The van der Waals surface area contributed by atoms with Gasteiger partial charge in [-0.05, 0) is 84.4 Å². The molecule has 0 saturated carbocycles. The second-order valence-corrected chi connectivity index (χ2v) is 10.3. The zero-order valence-electron chi connectivity index (χ0n) is 22.0. The number of ether oxygens (including phenoxy) is 2. The topological polar surface area (TPSA) is 88.4 Å². The lowest BCUT2D eigenvalue weighted by Gasteiger charge is -2.15. The molecule has 206 valence electrons. The molecule has 4 aromatic carbocycles. The number of carboxylic acid groups (broad SMARTS) is 1. The second-order valence-electron chi connectivity index (χ2n) is 8.87. The number of benzene rings is 4. The van der Waals surface area contributed by atoms with Crippen LogP contribution in [0.15, 0.2) is 107 Å². The van der Waals surface area contributed by atoms with Crippen LogP contribution in [0.1, 0.15) is 28.4 Å². The van der Waals surface area contributed by atoms with Gasteiger partial charge in [0.2, 0.25) is 0 Å². The van der Waals surface area contributed by atoms with Crippen molar-refractivity contribution in [2.45, 2.75) is 13.5 Å². The lowest BCUT2D eigenvalue weighted by atomic mass is 10.1. The van der Waals surface area contributed by atoms with Gasteiger partial charge in [-0.3, -0.25) is 9.69 Å². The quantitative estimate of drug-likeness (QED) is 0.202. The van der Waals surface area contributed by atoms with Gasteiger partial charge in [-0.15, -0.1) is 0 Å². The molecule has 1 heterocycles. The van der Waals surface area contributed by atoms with Gasteiger partial charge in [-0.2, -0.15) is 0 Å². The van der Waals surface area contributed by atoms with Crippen LogP contribution in [0.5, 0.6) is 11.5 Å². The lowest BCUT2D eigenvalue weighted by molar-refractivity contribution is -0.113. The molecule has 1 saturated heterocycles. The molecule has 9 heteroatoms. The SMILES string of the molecule is CCOc1cc(/C=C2/SC(=Nc3ccccc3)N(c3ccccc3)C2=O)cc(Cl)c1OCc1ccc(C(=O)O)cc1. The summed E-state index contributed by atoms with van der Waals surface area (Å²) in [6.07, 6.45) is 1.76. The van der Waals surface area contributed by atoms with E-state index in [0.717, 1.165) is 16.9 Å². The number of nitrogens with zero attached hydrogens (tertiary/aromatic N) is 2. The monoisotopic (exact) mass is 584 g/mol. The van der Waals surface area contributed by atoms with E-state index < -0.39 is 5.97 Å². The highest BCUT2D eigenvalue weighted by molar-refractivity contribution is 8.19. The van der Waals surface area contributed by atoms with Crippen LogP contribution in [0.2, 0.25) is 5.02 Å². The molecule has 0 bridgehead atoms. The van der Waals surface area contributed by atoms with E-state index in [1.165, 1.54) is 23.9 Å². The summed E-state index contributed by atoms with van der Waals surface area (Å²) in [6, 6.07) is 28.8. The molecule has 0 aromatic heterocycles. The number of hydrogen-bond acceptors (Lipinski definition) is 6. The van der Waals surface area contributed by atoms with Crippen molar-refractivity contribution in [2.24, 2.45) is 4.99 Å². The molecule has 0 unspecified atom stereocenters. The summed E-state index contributed by atoms with van der Waals surface area (Å²) in [5.41, 5.74) is 3.10. The van der Waals surface area contributed by atoms with E-state index in [-0.39, 0.29) is 18.1 Å². The predicted molar refractivity (Wildman–Crippen MR) is 163 cm³/mol. The van der Waals surface area contributed by atoms with Gasteiger partial charge in [0, 0.05) is 0 Å². The van der Waals surface area contributed by atoms with Gasteiger partial charge in [0.15, 0.2) is 16.7 Å². The Kier molecular flexibility index (Phi) is 8.72. The van der Waals surface area contributed by atoms with E-state index >= 15 is 0 Å². The number of para-hydroxylation sites is 2. The number of aromatic carboxylic acids is 1. The lowest BCUT2D eigenvalue weighted by Crippen LogP contribution is -2.28. The average molecular weight is 585 g/mol. The van der Waals surface area contributed by atoms with Crippen molar-refractivity contribution < 1.29 is 24.2 Å². The molecular weight excluding hydrogens is 560 g/mol. The summed E-state index contributed by atoms with van der Waals surface area (Å²) in [5, 5.41) is 9.97. The molecule has 0 aliphatic carbocycles. The van der Waals surface area contributed by atoms with E-state index in [4.69, 9.17) is 31.2 Å². The third kappa shape index (κ3) is 6.62. The molecular formula is C32H25ClN2O5S. The summed E-state index contributed by atoms with van der Waals surface area (Å²) in [4.78, 5) is 31.6. The number of aliphatic imine (C=N–C) groups is 1. The fraction of sp³-hybridized carbons (Fsp3) is 0.0938. The Morgan fingerprint density at radius 3 is 2.32 bits per heavy atom. The van der Waals surface area contributed by atoms with Crippen molar-refractivity contribution in [3.8, 4) is 11.5 Å². The maximum Gasteiger partial charge on any atom is 0.335 e. The first kappa shape index (κ1) is 28.0. The van der Waals surface area contributed by atoms with Gasteiger partial charge in [-0.25, -0.2) is 9.79 Å². The first-order chi connectivity index (χ1) is 19.9. The van der Waals surface area contributed by atoms with E-state index in [1.54, 1.807) is 35.2 Å². The third-order valence-electron chi connectivity index (χ3n) is 6.02. The molecule has 1 aliphatic heterocycles. The largest absolute Gasteiger partial charge is 0.490 e. The van der Waals surface area contributed by atoms with Crippen LogP contribution < -0.4 is 14.4 Å². The number of hydrogen-bond donors (Lipinski definition) is 1. The van der Waals surface area contributed by atoms with Gasteiger partial charge in [0.25, 0.3) is 5.91 Å². The molecule has 41 heavy (non-hydrogen) atoms. The van der Waals surface area contributed by atoms with E-state index in [9.17, 15) is 9.59 Å². The Morgan fingerprint density at radius 1 is 0.976 bits per heavy atom. The van der Waals surface area contributed by atoms with Gasteiger partial charge < -0.3 is 14.6 Å². The van der Waals surface area contributed by atoms with Crippen LogP contribution in [0.3, 0.4) is 0 Å². The fourth-order valence-corrected chi connectivity index (χ4v) is 5.37. The summed E-state index contributed by atoms with van der Waals surface area (Å²) in [5.74, 6) is -0.397. The van der Waals surface area contributed by atoms with Crippen molar-refractivity contribution in [2.75, 3.05) is 11.5 Å². The highest BCUT2D eigenvalue weighted by atomic mass is 35.5. The number of carbonyl (C=O) groups is 2. The van der Waals surface area contributed by atoms with E-state index in [2.05, 4.69) is 0 Å². The molecule has 7 nitrogen and oxygen atoms in total. The van der Waals surface area contributed by atoms with E-state index in [1.807, 2.05) is 67.6 Å². The minimum Gasteiger partial charge on any atom is -0.490 e. The number of amidine groups is 1. The maximum atomic E-state index is 13.6. The predicted octanol–water partition coefficient (Wildman–Crippen LogP) is 7.82. The fourth-order valence-electron chi connectivity index (χ4n) is 4.09. The standard InChI is InChI=1S/C32H25ClN2O5S/c1-2-39-27-18-22(17-26(33)29(27)40-20-21-13-15-23(16-14-21)31(37)38)19-28-30(36)35(25-11-7-4-8-12-25)32(41-28)34-24-9-5-3-6-10-24/h3-19H,2,20H2,1H3,(H,37,38)/b28-19+,34-32?. The first-order valence-electron chi connectivity index (χ1n) is 12.8. The number of thioether (sulfide) groups is 1. The van der Waals surface area contributed by atoms with Crippen molar-refractivity contribution in [3.63, 3.8) is 0 Å². The first-order valence-corrected chi connectivity index (χ1v) is 14.0. The van der Waals surface area contributed by atoms with Gasteiger partial charge in [0.05, 0.1) is 33.5 Å². The van der Waals surface area contributed by atoms with E-state index in [0.29, 0.717) is 38.8 Å². The zero-order valence-corrected chi connectivity index (χ0v) is 23.6. The smallest absolute Gasteiger partial charge is 0.335 e. The number of amides is 1.